The number of carbonyl (C=O) groups excluding carboxylic acids is 1. The minimum Gasteiger partial charge on any atom is -0.344 e. The summed E-state index contributed by atoms with van der Waals surface area (Å²) < 4.78 is 40.2. The molecule has 0 aromatic heterocycles. The van der Waals surface area contributed by atoms with E-state index >= 15 is 0 Å². The smallest absolute Gasteiger partial charge is 0.344 e. The van der Waals surface area contributed by atoms with Gasteiger partial charge in [0, 0.05) is 12.6 Å². The molecule has 2 atom stereocenters. The SMILES string of the molecule is CCC(CC)CN(C)C(C)[C@H](NC(=O)c1ccccc1C(F)(F)F)c1ccccc1. The number of hydrogen-bond donors (Lipinski definition) is 1. The summed E-state index contributed by atoms with van der Waals surface area (Å²) in [6.07, 6.45) is -2.49. The molecule has 0 aliphatic rings. The van der Waals surface area contributed by atoms with E-state index in [1.807, 2.05) is 44.3 Å². The molecule has 0 spiro atoms. The first-order valence-electron chi connectivity index (χ1n) is 10.4. The largest absolute Gasteiger partial charge is 0.417 e. The molecular weight excluding hydrogens is 389 g/mol. The van der Waals surface area contributed by atoms with Gasteiger partial charge in [0.15, 0.2) is 0 Å². The van der Waals surface area contributed by atoms with Crippen LogP contribution in [-0.4, -0.2) is 30.4 Å². The van der Waals surface area contributed by atoms with Crippen LogP contribution in [0.2, 0.25) is 0 Å². The molecule has 0 saturated carbocycles. The van der Waals surface area contributed by atoms with Gasteiger partial charge in [0.05, 0.1) is 17.2 Å². The molecule has 0 aliphatic heterocycles. The fourth-order valence-corrected chi connectivity index (χ4v) is 3.67. The number of alkyl halides is 3. The second kappa shape index (κ2) is 10.6. The Morgan fingerprint density at radius 1 is 1.00 bits per heavy atom. The maximum Gasteiger partial charge on any atom is 0.417 e. The number of benzene rings is 2. The highest BCUT2D eigenvalue weighted by molar-refractivity contribution is 5.96. The maximum atomic E-state index is 13.4. The van der Waals surface area contributed by atoms with E-state index in [1.54, 1.807) is 0 Å². The summed E-state index contributed by atoms with van der Waals surface area (Å²) in [5.74, 6) is -0.199. The summed E-state index contributed by atoms with van der Waals surface area (Å²) in [6, 6.07) is 13.7. The molecule has 6 heteroatoms. The lowest BCUT2D eigenvalue weighted by molar-refractivity contribution is -0.137. The van der Waals surface area contributed by atoms with Crippen LogP contribution in [0.1, 0.15) is 61.1 Å². The molecule has 0 bridgehead atoms. The van der Waals surface area contributed by atoms with Crippen LogP contribution in [0.15, 0.2) is 54.6 Å². The van der Waals surface area contributed by atoms with E-state index in [0.29, 0.717) is 5.92 Å². The summed E-state index contributed by atoms with van der Waals surface area (Å²) in [7, 11) is 1.99. The van der Waals surface area contributed by atoms with Crippen molar-refractivity contribution in [1.82, 2.24) is 10.2 Å². The van der Waals surface area contributed by atoms with Gasteiger partial charge in [-0.05, 0) is 37.6 Å². The summed E-state index contributed by atoms with van der Waals surface area (Å²) >= 11 is 0. The van der Waals surface area contributed by atoms with E-state index in [2.05, 4.69) is 24.1 Å². The number of likely N-dealkylation sites (N-methyl/N-ethyl adjacent to an activating group) is 1. The van der Waals surface area contributed by atoms with Gasteiger partial charge in [-0.2, -0.15) is 13.2 Å². The van der Waals surface area contributed by atoms with Crippen molar-refractivity contribution in [2.24, 2.45) is 5.92 Å². The number of nitrogens with zero attached hydrogens (tertiary/aromatic N) is 1. The quantitative estimate of drug-likeness (QED) is 0.545. The molecule has 164 valence electrons. The van der Waals surface area contributed by atoms with Crippen LogP contribution in [0, 0.1) is 5.92 Å². The van der Waals surface area contributed by atoms with Gasteiger partial charge in [0.1, 0.15) is 0 Å². The Kier molecular flexibility index (Phi) is 8.47. The van der Waals surface area contributed by atoms with E-state index in [4.69, 9.17) is 0 Å². The lowest BCUT2D eigenvalue weighted by Gasteiger charge is -2.35. The molecular formula is C24H31F3N2O. The number of nitrogens with one attached hydrogen (secondary N) is 1. The van der Waals surface area contributed by atoms with E-state index in [0.717, 1.165) is 31.0 Å². The Morgan fingerprint density at radius 2 is 1.57 bits per heavy atom. The Bertz CT molecular complexity index is 804. The van der Waals surface area contributed by atoms with Crippen molar-refractivity contribution >= 4 is 5.91 Å². The van der Waals surface area contributed by atoms with Crippen molar-refractivity contribution in [2.75, 3.05) is 13.6 Å². The second-order valence-corrected chi connectivity index (χ2v) is 7.77. The summed E-state index contributed by atoms with van der Waals surface area (Å²) in [5, 5.41) is 2.87. The summed E-state index contributed by atoms with van der Waals surface area (Å²) in [5.41, 5.74) is -0.424. The Morgan fingerprint density at radius 3 is 2.13 bits per heavy atom. The van der Waals surface area contributed by atoms with Gasteiger partial charge in [-0.25, -0.2) is 0 Å². The zero-order valence-corrected chi connectivity index (χ0v) is 18.0. The number of amides is 1. The average Bonchev–Trinajstić information content (AvgIpc) is 2.75. The Labute approximate surface area is 177 Å². The molecule has 0 saturated heterocycles. The van der Waals surface area contributed by atoms with E-state index in [-0.39, 0.29) is 11.6 Å². The molecule has 2 aromatic rings. The van der Waals surface area contributed by atoms with Crippen LogP contribution in [0.5, 0.6) is 0 Å². The predicted octanol–water partition coefficient (Wildman–Crippen LogP) is 5.93. The highest BCUT2D eigenvalue weighted by Crippen LogP contribution is 2.32. The van der Waals surface area contributed by atoms with Gasteiger partial charge in [0.25, 0.3) is 5.91 Å². The number of rotatable bonds is 9. The normalized spacial score (nSPS) is 14.0. The van der Waals surface area contributed by atoms with Crippen molar-refractivity contribution in [2.45, 2.75) is 51.9 Å². The first kappa shape index (κ1) is 23.9. The molecule has 3 nitrogen and oxygen atoms in total. The third-order valence-electron chi connectivity index (χ3n) is 5.80. The van der Waals surface area contributed by atoms with Crippen LogP contribution in [0.3, 0.4) is 0 Å². The highest BCUT2D eigenvalue weighted by atomic mass is 19.4. The maximum absolute atomic E-state index is 13.4. The lowest BCUT2D eigenvalue weighted by Crippen LogP contribution is -2.45. The van der Waals surface area contributed by atoms with Crippen LogP contribution < -0.4 is 5.32 Å². The van der Waals surface area contributed by atoms with E-state index in [9.17, 15) is 18.0 Å². The number of halogens is 3. The van der Waals surface area contributed by atoms with Gasteiger partial charge < -0.3 is 10.2 Å². The van der Waals surface area contributed by atoms with Gasteiger partial charge in [-0.1, -0.05) is 69.2 Å². The third kappa shape index (κ3) is 6.08. The van der Waals surface area contributed by atoms with Gasteiger partial charge in [0.2, 0.25) is 0 Å². The van der Waals surface area contributed by atoms with Gasteiger partial charge in [-0.3, -0.25) is 4.79 Å². The molecule has 1 amide bonds. The minimum atomic E-state index is -4.59. The molecule has 0 aliphatic carbocycles. The second-order valence-electron chi connectivity index (χ2n) is 7.77. The van der Waals surface area contributed by atoms with Gasteiger partial charge >= 0.3 is 6.18 Å². The molecule has 30 heavy (non-hydrogen) atoms. The first-order valence-corrected chi connectivity index (χ1v) is 10.4. The molecule has 2 aromatic carbocycles. The zero-order chi connectivity index (χ0) is 22.3. The molecule has 1 unspecified atom stereocenters. The van der Waals surface area contributed by atoms with Crippen LogP contribution in [-0.2, 0) is 6.18 Å². The van der Waals surface area contributed by atoms with Crippen molar-refractivity contribution < 1.29 is 18.0 Å². The molecule has 0 fully saturated rings. The monoisotopic (exact) mass is 420 g/mol. The van der Waals surface area contributed by atoms with Crippen LogP contribution in [0.4, 0.5) is 13.2 Å². The lowest BCUT2D eigenvalue weighted by atomic mass is 9.96. The molecule has 0 radical (unpaired) electrons. The topological polar surface area (TPSA) is 32.3 Å². The van der Waals surface area contributed by atoms with Crippen LogP contribution >= 0.6 is 0 Å². The summed E-state index contributed by atoms with van der Waals surface area (Å²) in [6.45, 7) is 7.15. The Balaban J connectivity index is 2.33. The average molecular weight is 421 g/mol. The van der Waals surface area contributed by atoms with Crippen molar-refractivity contribution in [1.29, 1.82) is 0 Å². The fraction of sp³-hybridized carbons (Fsp3) is 0.458. The number of hydrogen-bond acceptors (Lipinski definition) is 2. The van der Waals surface area contributed by atoms with E-state index < -0.39 is 23.7 Å². The predicted molar refractivity (Wildman–Crippen MR) is 114 cm³/mol. The van der Waals surface area contributed by atoms with E-state index in [1.165, 1.54) is 18.2 Å². The molecule has 0 heterocycles. The molecule has 1 N–H and O–H groups in total. The minimum absolute atomic E-state index is 0.102. The Hall–Kier alpha value is -2.34. The van der Waals surface area contributed by atoms with Gasteiger partial charge in [-0.15, -0.1) is 0 Å². The van der Waals surface area contributed by atoms with Crippen molar-refractivity contribution in [3.63, 3.8) is 0 Å². The fourth-order valence-electron chi connectivity index (χ4n) is 3.67. The standard InChI is InChI=1S/C24H31F3N2O/c1-5-18(6-2)16-29(4)17(3)22(19-12-8-7-9-13-19)28-23(30)20-14-10-11-15-21(20)24(25,26)27/h7-15,17-18,22H,5-6,16H2,1-4H3,(H,28,30)/t17?,22-/m0/s1. The zero-order valence-electron chi connectivity index (χ0n) is 18.0. The molecule has 2 rings (SSSR count). The third-order valence-corrected chi connectivity index (χ3v) is 5.80. The first-order chi connectivity index (χ1) is 14.2. The summed E-state index contributed by atoms with van der Waals surface area (Å²) in [4.78, 5) is 15.1. The van der Waals surface area contributed by atoms with Crippen molar-refractivity contribution in [3.05, 3.63) is 71.3 Å². The van der Waals surface area contributed by atoms with Crippen LogP contribution in [0.25, 0.3) is 0 Å². The highest BCUT2D eigenvalue weighted by Gasteiger charge is 2.36. The number of carbonyl (C=O) groups is 1. The van der Waals surface area contributed by atoms with Crippen molar-refractivity contribution in [3.8, 4) is 0 Å².